The Morgan fingerprint density at radius 2 is 1.33 bits per heavy atom. The molecule has 0 aliphatic carbocycles. The first-order chi connectivity index (χ1) is 20.8. The zero-order valence-corrected chi connectivity index (χ0v) is 26.1. The third-order valence-electron chi connectivity index (χ3n) is 8.16. The second-order valence-corrected chi connectivity index (χ2v) is 11.0. The number of likely N-dealkylation sites (N-methyl/N-ethyl adjacent to an activating group) is 1. The van der Waals surface area contributed by atoms with E-state index < -0.39 is 0 Å². The van der Waals surface area contributed by atoms with Crippen LogP contribution in [-0.4, -0.2) is 160 Å². The van der Waals surface area contributed by atoms with Gasteiger partial charge in [-0.1, -0.05) is 0 Å². The fourth-order valence-electron chi connectivity index (χ4n) is 5.45. The van der Waals surface area contributed by atoms with Crippen LogP contribution in [0.2, 0.25) is 0 Å². The van der Waals surface area contributed by atoms with Crippen LogP contribution in [0.5, 0.6) is 0 Å². The number of aliphatic hydroxyl groups is 2. The van der Waals surface area contributed by atoms with Crippen molar-refractivity contribution in [1.29, 1.82) is 0 Å². The van der Waals surface area contributed by atoms with E-state index in [2.05, 4.69) is 4.90 Å². The van der Waals surface area contributed by atoms with E-state index in [1.165, 1.54) is 0 Å². The quantitative estimate of drug-likeness (QED) is 0.270. The van der Waals surface area contributed by atoms with Crippen molar-refractivity contribution in [3.63, 3.8) is 0 Å². The van der Waals surface area contributed by atoms with Crippen LogP contribution in [0.15, 0.2) is 0 Å². The molecule has 15 nitrogen and oxygen atoms in total. The highest BCUT2D eigenvalue weighted by Crippen LogP contribution is 2.35. The fraction of sp³-hybridized carbons (Fsp3) is 0.750. The lowest BCUT2D eigenvalue weighted by Gasteiger charge is -2.38. The number of fused-ring (bicyclic) bond motifs is 1. The van der Waals surface area contributed by atoms with E-state index in [4.69, 9.17) is 34.1 Å². The number of piperazine rings is 1. The highest BCUT2D eigenvalue weighted by molar-refractivity contribution is 5.96. The minimum Gasteiger partial charge on any atom is -0.395 e. The number of carbonyl (C=O) groups is 1. The Kier molecular flexibility index (Phi) is 11.9. The maximum absolute atomic E-state index is 13.0. The number of carbonyl (C=O) groups excluding carboxylic acids is 1. The van der Waals surface area contributed by atoms with Crippen molar-refractivity contribution in [2.24, 2.45) is 0 Å². The molecular formula is C28H47N9O6. The lowest BCUT2D eigenvalue weighted by atomic mass is 10.1. The van der Waals surface area contributed by atoms with E-state index in [9.17, 15) is 15.0 Å². The van der Waals surface area contributed by atoms with Crippen molar-refractivity contribution in [3.8, 4) is 0 Å². The number of aliphatic hydroxyl groups excluding tert-OH is 2. The summed E-state index contributed by atoms with van der Waals surface area (Å²) in [6.45, 7) is 6.38. The van der Waals surface area contributed by atoms with Gasteiger partial charge in [0.1, 0.15) is 11.0 Å². The van der Waals surface area contributed by atoms with Crippen LogP contribution in [0.3, 0.4) is 0 Å². The summed E-state index contributed by atoms with van der Waals surface area (Å²) in [5, 5.41) is 19.6. The SMILES string of the molecule is COCCN(CCOC)c1nc(N2CCC(OC)CC2)c2nc(N(CCO)CCO)nc(N3CC(=O)N(C)C(C)C3)c2n1. The number of nitrogens with zero attached hydrogens (tertiary/aromatic N) is 9. The van der Waals surface area contributed by atoms with Gasteiger partial charge in [0.25, 0.3) is 0 Å². The molecule has 0 aromatic carbocycles. The molecule has 15 heteroatoms. The van der Waals surface area contributed by atoms with Gasteiger partial charge >= 0.3 is 0 Å². The predicted octanol–water partition coefficient (Wildman–Crippen LogP) is -0.408. The molecule has 2 aromatic rings. The fourth-order valence-corrected chi connectivity index (χ4v) is 5.45. The average molecular weight is 606 g/mol. The Morgan fingerprint density at radius 3 is 1.79 bits per heavy atom. The largest absolute Gasteiger partial charge is 0.395 e. The molecule has 1 unspecified atom stereocenters. The number of hydrogen-bond donors (Lipinski definition) is 2. The molecule has 4 heterocycles. The molecule has 240 valence electrons. The molecule has 2 aromatic heterocycles. The number of rotatable bonds is 15. The average Bonchev–Trinajstić information content (AvgIpc) is 3.02. The third-order valence-corrected chi connectivity index (χ3v) is 8.16. The number of piperidine rings is 1. The Balaban J connectivity index is 1.95. The molecule has 2 saturated heterocycles. The summed E-state index contributed by atoms with van der Waals surface area (Å²) in [5.74, 6) is 2.00. The van der Waals surface area contributed by atoms with E-state index >= 15 is 0 Å². The van der Waals surface area contributed by atoms with Crippen LogP contribution in [0.25, 0.3) is 11.0 Å². The topological polar surface area (TPSA) is 153 Å². The Morgan fingerprint density at radius 1 is 0.814 bits per heavy atom. The summed E-state index contributed by atoms with van der Waals surface area (Å²) in [6, 6.07) is -0.0468. The smallest absolute Gasteiger partial charge is 0.242 e. The van der Waals surface area contributed by atoms with Gasteiger partial charge in [-0.2, -0.15) is 9.97 Å². The molecule has 0 radical (unpaired) electrons. The van der Waals surface area contributed by atoms with Crippen molar-refractivity contribution in [3.05, 3.63) is 0 Å². The number of aromatic nitrogens is 4. The summed E-state index contributed by atoms with van der Waals surface area (Å²) in [7, 11) is 6.86. The Labute approximate surface area is 253 Å². The molecule has 2 fully saturated rings. The zero-order chi connectivity index (χ0) is 30.9. The molecule has 43 heavy (non-hydrogen) atoms. The highest BCUT2D eigenvalue weighted by Gasteiger charge is 2.32. The van der Waals surface area contributed by atoms with E-state index in [0.717, 1.165) is 25.9 Å². The molecule has 2 aliphatic heterocycles. The summed E-state index contributed by atoms with van der Waals surface area (Å²) in [4.78, 5) is 42.7. The molecule has 1 atom stereocenters. The van der Waals surface area contributed by atoms with Gasteiger partial charge in [-0.3, -0.25) is 4.79 Å². The van der Waals surface area contributed by atoms with Crippen LogP contribution in [0, 0.1) is 0 Å². The summed E-state index contributed by atoms with van der Waals surface area (Å²) in [5.41, 5.74) is 1.09. The summed E-state index contributed by atoms with van der Waals surface area (Å²) in [6.07, 6.45) is 1.85. The molecule has 2 aliphatic rings. The molecule has 2 N–H and O–H groups in total. The maximum Gasteiger partial charge on any atom is 0.242 e. The molecule has 0 spiro atoms. The van der Waals surface area contributed by atoms with Crippen molar-refractivity contribution in [2.75, 3.05) is 127 Å². The Hall–Kier alpha value is -3.11. The van der Waals surface area contributed by atoms with Crippen LogP contribution in [-0.2, 0) is 19.0 Å². The first-order valence-corrected chi connectivity index (χ1v) is 14.9. The minimum atomic E-state index is -0.137. The van der Waals surface area contributed by atoms with Crippen molar-refractivity contribution in [2.45, 2.75) is 31.9 Å². The number of hydrogen-bond acceptors (Lipinski definition) is 14. The first-order valence-electron chi connectivity index (χ1n) is 14.9. The second-order valence-electron chi connectivity index (χ2n) is 11.0. The van der Waals surface area contributed by atoms with E-state index in [1.807, 2.05) is 23.8 Å². The van der Waals surface area contributed by atoms with Crippen LogP contribution < -0.4 is 19.6 Å². The first kappa shape index (κ1) is 32.8. The van der Waals surface area contributed by atoms with Crippen LogP contribution >= 0.6 is 0 Å². The second kappa shape index (κ2) is 15.6. The van der Waals surface area contributed by atoms with Crippen LogP contribution in [0.1, 0.15) is 19.8 Å². The minimum absolute atomic E-state index is 0.0207. The lowest BCUT2D eigenvalue weighted by molar-refractivity contribution is -0.131. The van der Waals surface area contributed by atoms with Gasteiger partial charge < -0.3 is 48.9 Å². The number of anilines is 4. The standard InChI is InChI=1S/C28H47N9O6/c1-20-18-37(19-22(40)33(20)2)26-24-23(29-27(32-26)35(10-14-38)11-15-39)25(34-8-6-21(43-5)7-9-34)31-28(30-24)36(12-16-41-3)13-17-42-4/h20-21,38-39H,6-19H2,1-5H3. The predicted molar refractivity (Wildman–Crippen MR) is 164 cm³/mol. The number of methoxy groups -OCH3 is 3. The van der Waals surface area contributed by atoms with Gasteiger partial charge in [-0.25, -0.2) is 9.97 Å². The monoisotopic (exact) mass is 605 g/mol. The molecular weight excluding hydrogens is 558 g/mol. The molecule has 0 bridgehead atoms. The number of ether oxygens (including phenoxy) is 3. The van der Waals surface area contributed by atoms with Crippen molar-refractivity contribution >= 4 is 40.5 Å². The van der Waals surface area contributed by atoms with E-state index in [0.29, 0.717) is 67.4 Å². The van der Waals surface area contributed by atoms with E-state index in [-0.39, 0.29) is 50.9 Å². The van der Waals surface area contributed by atoms with Crippen molar-refractivity contribution in [1.82, 2.24) is 24.8 Å². The Bertz CT molecular complexity index is 1190. The third kappa shape index (κ3) is 7.70. The lowest BCUT2D eigenvalue weighted by Crippen LogP contribution is -2.54. The summed E-state index contributed by atoms with van der Waals surface area (Å²) >= 11 is 0. The van der Waals surface area contributed by atoms with Gasteiger partial charge in [-0.05, 0) is 19.8 Å². The maximum atomic E-state index is 13.0. The zero-order valence-electron chi connectivity index (χ0n) is 26.1. The van der Waals surface area contributed by atoms with Gasteiger partial charge in [0.15, 0.2) is 11.6 Å². The molecule has 0 saturated carbocycles. The van der Waals surface area contributed by atoms with Gasteiger partial charge in [0.05, 0.1) is 39.1 Å². The van der Waals surface area contributed by atoms with Crippen molar-refractivity contribution < 1.29 is 29.2 Å². The molecule has 1 amide bonds. The van der Waals surface area contributed by atoms with E-state index in [1.54, 1.807) is 31.1 Å². The molecule has 4 rings (SSSR count). The van der Waals surface area contributed by atoms with Gasteiger partial charge in [0.2, 0.25) is 17.8 Å². The van der Waals surface area contributed by atoms with Gasteiger partial charge in [-0.15, -0.1) is 0 Å². The normalized spacial score (nSPS) is 18.2. The number of amides is 1. The van der Waals surface area contributed by atoms with Gasteiger partial charge in [0, 0.05) is 80.2 Å². The summed E-state index contributed by atoms with van der Waals surface area (Å²) < 4.78 is 16.4. The van der Waals surface area contributed by atoms with Crippen LogP contribution in [0.4, 0.5) is 23.5 Å². The highest BCUT2D eigenvalue weighted by atomic mass is 16.5.